The summed E-state index contributed by atoms with van der Waals surface area (Å²) in [5, 5.41) is 0. The Hall–Kier alpha value is -3.47. The molecule has 138 valence electrons. The average Bonchev–Trinajstić information content (AvgIpc) is 3.11. The van der Waals surface area contributed by atoms with Gasteiger partial charge in [0.1, 0.15) is 11.5 Å². The highest BCUT2D eigenvalue weighted by Crippen LogP contribution is 2.40. The van der Waals surface area contributed by atoms with Crippen LogP contribution in [0.15, 0.2) is 52.9 Å². The zero-order chi connectivity index (χ0) is 19.4. The lowest BCUT2D eigenvalue weighted by molar-refractivity contribution is 0.0720. The normalized spacial score (nSPS) is 15.1. The van der Waals surface area contributed by atoms with Crippen LogP contribution >= 0.6 is 0 Å². The van der Waals surface area contributed by atoms with Gasteiger partial charge in [0.25, 0.3) is 5.91 Å². The minimum absolute atomic E-state index is 0.0668. The van der Waals surface area contributed by atoms with Crippen molar-refractivity contribution in [3.8, 4) is 11.3 Å². The van der Waals surface area contributed by atoms with Crippen molar-refractivity contribution in [2.24, 2.45) is 0 Å². The van der Waals surface area contributed by atoms with E-state index in [0.29, 0.717) is 53.3 Å². The Labute approximate surface area is 161 Å². The number of carbonyl (C=O) groups is 3. The second-order valence-electron chi connectivity index (χ2n) is 7.25. The molecule has 1 aliphatic heterocycles. The van der Waals surface area contributed by atoms with E-state index in [1.54, 1.807) is 23.1 Å². The summed E-state index contributed by atoms with van der Waals surface area (Å²) in [4.78, 5) is 39.7. The molecule has 1 aromatic heterocycles. The molecular weight excluding hydrogens is 354 g/mol. The summed E-state index contributed by atoms with van der Waals surface area (Å²) in [7, 11) is 0. The van der Waals surface area contributed by atoms with E-state index < -0.39 is 11.6 Å². The van der Waals surface area contributed by atoms with Gasteiger partial charge in [-0.25, -0.2) is 0 Å². The third kappa shape index (κ3) is 2.36. The Morgan fingerprint density at radius 1 is 0.964 bits per heavy atom. The smallest absolute Gasteiger partial charge is 0.254 e. The molecule has 1 aliphatic carbocycles. The van der Waals surface area contributed by atoms with Crippen molar-refractivity contribution in [2.75, 3.05) is 6.54 Å². The maximum atomic E-state index is 12.8. The van der Waals surface area contributed by atoms with Crippen LogP contribution in [-0.4, -0.2) is 28.9 Å². The Morgan fingerprint density at radius 2 is 1.68 bits per heavy atom. The number of carbonyl (C=O) groups excluding carboxylic acids is 3. The summed E-state index contributed by atoms with van der Waals surface area (Å²) in [6, 6.07) is 14.5. The highest BCUT2D eigenvalue weighted by molar-refractivity contribution is 6.53. The van der Waals surface area contributed by atoms with Crippen LogP contribution in [0.4, 0.5) is 0 Å². The quantitative estimate of drug-likeness (QED) is 0.610. The number of hydrogen-bond acceptors (Lipinski definition) is 4. The molecule has 1 amide bonds. The first kappa shape index (κ1) is 16.7. The van der Waals surface area contributed by atoms with E-state index in [1.807, 2.05) is 37.3 Å². The predicted octanol–water partition coefficient (Wildman–Crippen LogP) is 3.83. The molecule has 0 radical (unpaired) electrons. The van der Waals surface area contributed by atoms with Crippen molar-refractivity contribution in [3.05, 3.63) is 82.1 Å². The van der Waals surface area contributed by atoms with Crippen molar-refractivity contribution >= 4 is 17.5 Å². The largest absolute Gasteiger partial charge is 0.458 e. The molecule has 28 heavy (non-hydrogen) atoms. The van der Waals surface area contributed by atoms with Gasteiger partial charge in [0.2, 0.25) is 11.6 Å². The second-order valence-corrected chi connectivity index (χ2v) is 7.25. The molecule has 5 rings (SSSR count). The standard InChI is InChI=1S/C23H17NO4/c1-13-6-8-14(9-7-13)23(27)24-11-10-17-18(12-24)28-22-16-5-3-2-4-15(16)20(25)21(26)19(17)22/h2-9H,10-12H2,1H3. The van der Waals surface area contributed by atoms with Gasteiger partial charge in [-0.1, -0.05) is 42.0 Å². The molecule has 0 N–H and O–H groups in total. The third-order valence-corrected chi connectivity index (χ3v) is 5.49. The van der Waals surface area contributed by atoms with Crippen molar-refractivity contribution in [2.45, 2.75) is 19.9 Å². The van der Waals surface area contributed by atoms with Gasteiger partial charge in [-0.05, 0) is 25.5 Å². The number of amides is 1. The maximum absolute atomic E-state index is 12.8. The van der Waals surface area contributed by atoms with Crippen LogP contribution in [-0.2, 0) is 13.0 Å². The summed E-state index contributed by atoms with van der Waals surface area (Å²) < 4.78 is 6.04. The second kappa shape index (κ2) is 6.02. The highest BCUT2D eigenvalue weighted by Gasteiger charge is 2.39. The van der Waals surface area contributed by atoms with Crippen LogP contribution in [0.1, 0.15) is 48.0 Å². The van der Waals surface area contributed by atoms with E-state index in [2.05, 4.69) is 0 Å². The summed E-state index contributed by atoms with van der Waals surface area (Å²) in [6.45, 7) is 2.75. The third-order valence-electron chi connectivity index (χ3n) is 5.49. The van der Waals surface area contributed by atoms with Gasteiger partial charge in [-0.3, -0.25) is 14.4 Å². The van der Waals surface area contributed by atoms with Gasteiger partial charge in [-0.15, -0.1) is 0 Å². The molecular formula is C23H17NO4. The molecule has 0 atom stereocenters. The van der Waals surface area contributed by atoms with Crippen LogP contribution in [0.25, 0.3) is 11.3 Å². The van der Waals surface area contributed by atoms with Crippen molar-refractivity contribution in [1.82, 2.24) is 4.90 Å². The molecule has 0 fully saturated rings. The molecule has 0 saturated heterocycles. The number of aryl methyl sites for hydroxylation is 1. The molecule has 0 spiro atoms. The number of benzene rings is 2. The molecule has 0 bridgehead atoms. The first-order valence-electron chi connectivity index (χ1n) is 9.23. The van der Waals surface area contributed by atoms with E-state index in [9.17, 15) is 14.4 Å². The van der Waals surface area contributed by atoms with Crippen LogP contribution in [0.3, 0.4) is 0 Å². The SMILES string of the molecule is Cc1ccc(C(=O)N2CCc3c(oc4c3C(=O)C(=O)c3ccccc3-4)C2)cc1. The van der Waals surface area contributed by atoms with Gasteiger partial charge in [0.05, 0.1) is 12.1 Å². The Balaban J connectivity index is 1.53. The van der Waals surface area contributed by atoms with Gasteiger partial charge >= 0.3 is 0 Å². The lowest BCUT2D eigenvalue weighted by atomic mass is 9.85. The van der Waals surface area contributed by atoms with E-state index in [1.165, 1.54) is 0 Å². The number of Topliss-reactive ketones (excluding diaryl/α,β-unsaturated/α-hetero) is 2. The fraction of sp³-hybridized carbons (Fsp3) is 0.174. The lowest BCUT2D eigenvalue weighted by Crippen LogP contribution is -2.36. The van der Waals surface area contributed by atoms with Crippen LogP contribution < -0.4 is 0 Å². The number of hydrogen-bond donors (Lipinski definition) is 0. The zero-order valence-corrected chi connectivity index (χ0v) is 15.3. The Kier molecular flexibility index (Phi) is 3.59. The summed E-state index contributed by atoms with van der Waals surface area (Å²) >= 11 is 0. The number of furan rings is 1. The average molecular weight is 371 g/mol. The van der Waals surface area contributed by atoms with E-state index in [0.717, 1.165) is 11.1 Å². The summed E-state index contributed by atoms with van der Waals surface area (Å²) in [5.41, 5.74) is 3.88. The molecule has 0 saturated carbocycles. The monoisotopic (exact) mass is 371 g/mol. The first-order valence-corrected chi connectivity index (χ1v) is 9.23. The minimum atomic E-state index is -0.517. The van der Waals surface area contributed by atoms with Gasteiger partial charge in [0, 0.05) is 28.8 Å². The van der Waals surface area contributed by atoms with Crippen LogP contribution in [0.5, 0.6) is 0 Å². The Morgan fingerprint density at radius 3 is 2.43 bits per heavy atom. The topological polar surface area (TPSA) is 67.6 Å². The number of fused-ring (bicyclic) bond motifs is 5. The molecule has 2 aromatic carbocycles. The number of rotatable bonds is 1. The molecule has 2 heterocycles. The molecule has 3 aromatic rings. The summed E-state index contributed by atoms with van der Waals surface area (Å²) in [5.74, 6) is -0.0332. The number of ketones is 2. The molecule has 0 unspecified atom stereocenters. The van der Waals surface area contributed by atoms with Crippen LogP contribution in [0, 0.1) is 6.92 Å². The van der Waals surface area contributed by atoms with E-state index in [-0.39, 0.29) is 5.91 Å². The molecule has 5 heteroatoms. The summed E-state index contributed by atoms with van der Waals surface area (Å²) in [6.07, 6.45) is 0.493. The minimum Gasteiger partial charge on any atom is -0.458 e. The fourth-order valence-corrected chi connectivity index (χ4v) is 4.00. The van der Waals surface area contributed by atoms with Gasteiger partial charge in [-0.2, -0.15) is 0 Å². The van der Waals surface area contributed by atoms with Crippen molar-refractivity contribution < 1.29 is 18.8 Å². The Bertz CT molecular complexity index is 1150. The maximum Gasteiger partial charge on any atom is 0.254 e. The van der Waals surface area contributed by atoms with Gasteiger partial charge < -0.3 is 9.32 Å². The van der Waals surface area contributed by atoms with Gasteiger partial charge in [0.15, 0.2) is 0 Å². The first-order chi connectivity index (χ1) is 13.5. The predicted molar refractivity (Wildman–Crippen MR) is 102 cm³/mol. The number of nitrogens with zero attached hydrogens (tertiary/aromatic N) is 1. The van der Waals surface area contributed by atoms with Crippen molar-refractivity contribution in [1.29, 1.82) is 0 Å². The molecule has 5 nitrogen and oxygen atoms in total. The van der Waals surface area contributed by atoms with E-state index in [4.69, 9.17) is 4.42 Å². The van der Waals surface area contributed by atoms with E-state index >= 15 is 0 Å². The lowest BCUT2D eigenvalue weighted by Gasteiger charge is -2.26. The van der Waals surface area contributed by atoms with Crippen molar-refractivity contribution in [3.63, 3.8) is 0 Å². The molecule has 2 aliphatic rings. The zero-order valence-electron chi connectivity index (χ0n) is 15.3. The fourth-order valence-electron chi connectivity index (χ4n) is 4.00. The van der Waals surface area contributed by atoms with Crippen LogP contribution in [0.2, 0.25) is 0 Å². The highest BCUT2D eigenvalue weighted by atomic mass is 16.3.